The second-order valence-electron chi connectivity index (χ2n) is 5.35. The summed E-state index contributed by atoms with van der Waals surface area (Å²) in [4.78, 5) is 14.0. The van der Waals surface area contributed by atoms with E-state index < -0.39 is 11.4 Å². The van der Waals surface area contributed by atoms with Crippen LogP contribution < -0.4 is 4.90 Å². The van der Waals surface area contributed by atoms with Gasteiger partial charge in [-0.3, -0.25) is 4.79 Å². The first-order chi connectivity index (χ1) is 9.54. The molecule has 1 fully saturated rings. The van der Waals surface area contributed by atoms with Gasteiger partial charge in [0.25, 0.3) is 0 Å². The number of carbonyl (C=O) groups is 1. The lowest BCUT2D eigenvalue weighted by Crippen LogP contribution is -2.54. The third-order valence-electron chi connectivity index (χ3n) is 3.80. The van der Waals surface area contributed by atoms with Crippen LogP contribution in [-0.4, -0.2) is 44.7 Å². The van der Waals surface area contributed by atoms with Gasteiger partial charge in [-0.1, -0.05) is 18.2 Å². The first-order valence-corrected chi connectivity index (χ1v) is 6.62. The molecule has 1 saturated heterocycles. The lowest BCUT2D eigenvalue weighted by molar-refractivity contribution is -0.162. The third-order valence-corrected chi connectivity index (χ3v) is 3.80. The van der Waals surface area contributed by atoms with Gasteiger partial charge in [0.05, 0.1) is 20.3 Å². The number of hydrogen-bond donors (Lipinski definition) is 1. The number of nitrogens with zero attached hydrogens (tertiary/aromatic N) is 1. The van der Waals surface area contributed by atoms with Crippen LogP contribution in [0.5, 0.6) is 0 Å². The van der Waals surface area contributed by atoms with Crippen molar-refractivity contribution in [2.24, 2.45) is 5.41 Å². The Labute approximate surface area is 119 Å². The quantitative estimate of drug-likeness (QED) is 0.844. The molecule has 1 N–H and O–H groups in total. The van der Waals surface area contributed by atoms with E-state index >= 15 is 0 Å². The summed E-state index contributed by atoms with van der Waals surface area (Å²) in [5.74, 6) is -0.434. The van der Waals surface area contributed by atoms with Crippen molar-refractivity contribution in [3.05, 3.63) is 29.3 Å². The zero-order valence-corrected chi connectivity index (χ0v) is 12.2. The zero-order valence-electron chi connectivity index (χ0n) is 12.2. The summed E-state index contributed by atoms with van der Waals surface area (Å²) in [5, 5.41) is 9.64. The van der Waals surface area contributed by atoms with Crippen LogP contribution in [0.4, 0.5) is 5.69 Å². The van der Waals surface area contributed by atoms with E-state index in [2.05, 4.69) is 0 Å². The summed E-state index contributed by atoms with van der Waals surface area (Å²) in [6, 6.07) is 6.05. The molecule has 1 aliphatic heterocycles. The van der Waals surface area contributed by atoms with E-state index in [1.54, 1.807) is 0 Å². The molecule has 110 valence electrons. The number of aliphatic hydroxyl groups excluding tert-OH is 1. The fourth-order valence-electron chi connectivity index (χ4n) is 2.76. The summed E-state index contributed by atoms with van der Waals surface area (Å²) in [6.45, 7) is 4.73. The number of hydrogen-bond acceptors (Lipinski definition) is 5. The van der Waals surface area contributed by atoms with E-state index in [1.807, 2.05) is 36.9 Å². The predicted octanol–water partition coefficient (Wildman–Crippen LogP) is 1.25. The molecule has 5 nitrogen and oxygen atoms in total. The fraction of sp³-hybridized carbons (Fsp3) is 0.533. The monoisotopic (exact) mass is 279 g/mol. The van der Waals surface area contributed by atoms with Crippen molar-refractivity contribution in [2.45, 2.75) is 13.8 Å². The zero-order chi connectivity index (χ0) is 14.8. The molecule has 0 aliphatic carbocycles. The van der Waals surface area contributed by atoms with Crippen molar-refractivity contribution in [1.29, 1.82) is 0 Å². The molecule has 1 aliphatic rings. The SMILES string of the molecule is COC(=O)C1(CO)COCN(c2c(C)cccc2C)C1. The van der Waals surface area contributed by atoms with Crippen LogP contribution in [0.1, 0.15) is 11.1 Å². The smallest absolute Gasteiger partial charge is 0.318 e. The number of aliphatic hydroxyl groups is 1. The number of anilines is 1. The molecule has 20 heavy (non-hydrogen) atoms. The maximum Gasteiger partial charge on any atom is 0.318 e. The second-order valence-corrected chi connectivity index (χ2v) is 5.35. The van der Waals surface area contributed by atoms with Gasteiger partial charge in [-0.15, -0.1) is 0 Å². The van der Waals surface area contributed by atoms with E-state index in [9.17, 15) is 9.90 Å². The van der Waals surface area contributed by atoms with Gasteiger partial charge in [0.1, 0.15) is 12.1 Å². The maximum atomic E-state index is 12.0. The lowest BCUT2D eigenvalue weighted by Gasteiger charge is -2.41. The maximum absolute atomic E-state index is 12.0. The highest BCUT2D eigenvalue weighted by molar-refractivity contribution is 5.78. The highest BCUT2D eigenvalue weighted by atomic mass is 16.5. The van der Waals surface area contributed by atoms with Crippen molar-refractivity contribution in [2.75, 3.05) is 38.5 Å². The van der Waals surface area contributed by atoms with E-state index in [-0.39, 0.29) is 13.2 Å². The average molecular weight is 279 g/mol. The Morgan fingerprint density at radius 3 is 2.65 bits per heavy atom. The molecule has 0 spiro atoms. The molecule has 1 heterocycles. The lowest BCUT2D eigenvalue weighted by atomic mass is 9.88. The van der Waals surface area contributed by atoms with Gasteiger partial charge in [-0.05, 0) is 25.0 Å². The highest BCUT2D eigenvalue weighted by Gasteiger charge is 2.44. The Bertz CT molecular complexity index is 482. The van der Waals surface area contributed by atoms with Crippen LogP contribution in [0.3, 0.4) is 0 Å². The minimum atomic E-state index is -1.01. The van der Waals surface area contributed by atoms with Crippen LogP contribution >= 0.6 is 0 Å². The summed E-state index contributed by atoms with van der Waals surface area (Å²) in [5.41, 5.74) is 2.27. The summed E-state index contributed by atoms with van der Waals surface area (Å²) < 4.78 is 10.4. The Morgan fingerprint density at radius 1 is 1.45 bits per heavy atom. The van der Waals surface area contributed by atoms with Crippen molar-refractivity contribution in [3.8, 4) is 0 Å². The van der Waals surface area contributed by atoms with Crippen molar-refractivity contribution < 1.29 is 19.4 Å². The summed E-state index contributed by atoms with van der Waals surface area (Å²) in [6.07, 6.45) is 0. The molecule has 0 aromatic heterocycles. The number of methoxy groups -OCH3 is 1. The fourth-order valence-corrected chi connectivity index (χ4v) is 2.76. The average Bonchev–Trinajstić information content (AvgIpc) is 2.46. The van der Waals surface area contributed by atoms with Crippen LogP contribution in [-0.2, 0) is 14.3 Å². The molecule has 0 saturated carbocycles. The van der Waals surface area contributed by atoms with E-state index in [1.165, 1.54) is 7.11 Å². The normalized spacial score (nSPS) is 22.7. The first kappa shape index (κ1) is 14.8. The van der Waals surface area contributed by atoms with E-state index in [0.29, 0.717) is 13.3 Å². The number of esters is 1. The summed E-state index contributed by atoms with van der Waals surface area (Å²) >= 11 is 0. The Balaban J connectivity index is 2.33. The van der Waals surface area contributed by atoms with Gasteiger partial charge in [0, 0.05) is 12.2 Å². The molecule has 0 bridgehead atoms. The third kappa shape index (κ3) is 2.51. The van der Waals surface area contributed by atoms with Crippen LogP contribution in [0.25, 0.3) is 0 Å². The molecular weight excluding hydrogens is 258 g/mol. The van der Waals surface area contributed by atoms with Crippen molar-refractivity contribution in [3.63, 3.8) is 0 Å². The molecule has 1 aromatic rings. The number of ether oxygens (including phenoxy) is 2. The van der Waals surface area contributed by atoms with Gasteiger partial charge in [0.15, 0.2) is 0 Å². The molecule has 1 aromatic carbocycles. The standard InChI is InChI=1S/C15H21NO4/c1-11-5-4-6-12(2)13(11)16-7-15(8-17,9-20-10-16)14(18)19-3/h4-6,17H,7-10H2,1-3H3. The molecular formula is C15H21NO4. The van der Waals surface area contributed by atoms with Crippen molar-refractivity contribution >= 4 is 11.7 Å². The molecule has 0 amide bonds. The van der Waals surface area contributed by atoms with E-state index in [0.717, 1.165) is 16.8 Å². The molecule has 1 atom stereocenters. The van der Waals surface area contributed by atoms with Crippen molar-refractivity contribution in [1.82, 2.24) is 0 Å². The molecule has 2 rings (SSSR count). The molecule has 1 unspecified atom stereocenters. The van der Waals surface area contributed by atoms with Gasteiger partial charge < -0.3 is 19.5 Å². The Morgan fingerprint density at radius 2 is 2.10 bits per heavy atom. The minimum absolute atomic E-state index is 0.178. The number of rotatable bonds is 3. The number of carbonyl (C=O) groups excluding carboxylic acids is 1. The predicted molar refractivity (Wildman–Crippen MR) is 75.6 cm³/mol. The van der Waals surface area contributed by atoms with Gasteiger partial charge in [-0.2, -0.15) is 0 Å². The number of para-hydroxylation sites is 1. The Hall–Kier alpha value is -1.59. The van der Waals surface area contributed by atoms with Crippen LogP contribution in [0.2, 0.25) is 0 Å². The highest BCUT2D eigenvalue weighted by Crippen LogP contribution is 2.32. The molecule has 0 radical (unpaired) electrons. The van der Waals surface area contributed by atoms with Gasteiger partial charge in [-0.25, -0.2) is 0 Å². The van der Waals surface area contributed by atoms with Gasteiger partial charge in [0.2, 0.25) is 0 Å². The van der Waals surface area contributed by atoms with Crippen LogP contribution in [0.15, 0.2) is 18.2 Å². The number of aryl methyl sites for hydroxylation is 2. The molecule has 5 heteroatoms. The summed E-state index contributed by atoms with van der Waals surface area (Å²) in [7, 11) is 1.33. The Kier molecular flexibility index (Phi) is 4.30. The van der Waals surface area contributed by atoms with Crippen LogP contribution in [0, 0.1) is 19.3 Å². The number of benzene rings is 1. The van der Waals surface area contributed by atoms with E-state index in [4.69, 9.17) is 9.47 Å². The second kappa shape index (κ2) is 5.81. The largest absolute Gasteiger partial charge is 0.468 e. The minimum Gasteiger partial charge on any atom is -0.468 e. The van der Waals surface area contributed by atoms with Gasteiger partial charge >= 0.3 is 5.97 Å². The first-order valence-electron chi connectivity index (χ1n) is 6.62. The topological polar surface area (TPSA) is 59.0 Å².